The van der Waals surface area contributed by atoms with Crippen molar-refractivity contribution in [1.82, 2.24) is 9.80 Å². The first-order valence-corrected chi connectivity index (χ1v) is 11.0. The smallest absolute Gasteiger partial charge is 0.295 e. The van der Waals surface area contributed by atoms with E-state index in [1.54, 1.807) is 23.1 Å². The zero-order valence-corrected chi connectivity index (χ0v) is 19.6. The van der Waals surface area contributed by atoms with Crippen LogP contribution in [0.2, 0.25) is 5.02 Å². The Bertz CT molecular complexity index is 1030. The highest BCUT2D eigenvalue weighted by Crippen LogP contribution is 2.40. The van der Waals surface area contributed by atoms with Gasteiger partial charge < -0.3 is 19.6 Å². The quantitative estimate of drug-likeness (QED) is 0.361. The van der Waals surface area contributed by atoms with Crippen LogP contribution in [0.5, 0.6) is 5.75 Å². The fourth-order valence-electron chi connectivity index (χ4n) is 3.84. The summed E-state index contributed by atoms with van der Waals surface area (Å²) in [7, 11) is 3.92. The van der Waals surface area contributed by atoms with Crippen molar-refractivity contribution in [2.45, 2.75) is 26.3 Å². The number of carbonyl (C=O) groups excluding carboxylic acids is 2. The first kappa shape index (κ1) is 23.8. The van der Waals surface area contributed by atoms with Gasteiger partial charge in [-0.1, -0.05) is 41.4 Å². The molecule has 2 aromatic rings. The van der Waals surface area contributed by atoms with Gasteiger partial charge in [0.15, 0.2) is 0 Å². The van der Waals surface area contributed by atoms with E-state index in [0.29, 0.717) is 35.9 Å². The van der Waals surface area contributed by atoms with Crippen LogP contribution in [0.15, 0.2) is 48.0 Å². The zero-order chi connectivity index (χ0) is 23.4. The van der Waals surface area contributed by atoms with E-state index < -0.39 is 17.7 Å². The average Bonchev–Trinajstić information content (AvgIpc) is 3.00. The number of aliphatic hydroxyl groups excluding tert-OH is 1. The molecular formula is C25H29ClN2O4. The molecule has 1 atom stereocenters. The molecule has 0 aliphatic carbocycles. The number of hydrogen-bond donors (Lipinski definition) is 1. The molecule has 1 saturated heterocycles. The standard InChI is InChI=1S/C25H29ClN2O4/c1-5-32-20-12-11-18(15-19(20)26)23(29)21-22(17-9-7-16(2)8-10-17)28(25(31)24(21)30)14-6-13-27(3)4/h7-12,15,22,29H,5-6,13-14H2,1-4H3/t22-/m1/s1. The minimum atomic E-state index is -0.692. The normalized spacial score (nSPS) is 17.9. The molecule has 1 amide bonds. The van der Waals surface area contributed by atoms with E-state index in [9.17, 15) is 14.7 Å². The largest absolute Gasteiger partial charge is 0.507 e. The first-order chi connectivity index (χ1) is 15.2. The van der Waals surface area contributed by atoms with Gasteiger partial charge in [0.1, 0.15) is 11.5 Å². The number of hydrogen-bond acceptors (Lipinski definition) is 5. The Morgan fingerprint density at radius 2 is 1.84 bits per heavy atom. The summed E-state index contributed by atoms with van der Waals surface area (Å²) in [6, 6.07) is 11.8. The summed E-state index contributed by atoms with van der Waals surface area (Å²) in [6.07, 6.45) is 0.706. The highest BCUT2D eigenvalue weighted by molar-refractivity contribution is 6.46. The van der Waals surface area contributed by atoms with Crippen LogP contribution in [-0.4, -0.2) is 60.4 Å². The van der Waals surface area contributed by atoms with Crippen molar-refractivity contribution in [3.8, 4) is 5.75 Å². The lowest BCUT2D eigenvalue weighted by atomic mass is 9.94. The summed E-state index contributed by atoms with van der Waals surface area (Å²) in [5.74, 6) is -1.05. The number of carbonyl (C=O) groups is 2. The average molecular weight is 457 g/mol. The molecule has 0 bridgehead atoms. The van der Waals surface area contributed by atoms with Gasteiger partial charge in [0.2, 0.25) is 0 Å². The third kappa shape index (κ3) is 4.97. The molecule has 1 heterocycles. The maximum atomic E-state index is 13.1. The Balaban J connectivity index is 2.08. The number of aliphatic hydroxyl groups is 1. The van der Waals surface area contributed by atoms with Gasteiger partial charge in [0.25, 0.3) is 11.7 Å². The van der Waals surface area contributed by atoms with Gasteiger partial charge in [-0.3, -0.25) is 9.59 Å². The fraction of sp³-hybridized carbons (Fsp3) is 0.360. The maximum Gasteiger partial charge on any atom is 0.295 e. The third-order valence-corrected chi connectivity index (χ3v) is 5.74. The molecule has 2 aromatic carbocycles. The second-order valence-corrected chi connectivity index (χ2v) is 8.55. The van der Waals surface area contributed by atoms with Gasteiger partial charge in [-0.15, -0.1) is 0 Å². The van der Waals surface area contributed by atoms with Crippen LogP contribution >= 0.6 is 11.6 Å². The van der Waals surface area contributed by atoms with Crippen molar-refractivity contribution in [3.63, 3.8) is 0 Å². The van der Waals surface area contributed by atoms with E-state index >= 15 is 0 Å². The van der Waals surface area contributed by atoms with Crippen molar-refractivity contribution in [3.05, 3.63) is 69.8 Å². The van der Waals surface area contributed by atoms with Gasteiger partial charge >= 0.3 is 0 Å². The van der Waals surface area contributed by atoms with Crippen molar-refractivity contribution in [2.24, 2.45) is 0 Å². The number of amides is 1. The Morgan fingerprint density at radius 1 is 1.16 bits per heavy atom. The topological polar surface area (TPSA) is 70.1 Å². The molecule has 0 aromatic heterocycles. The summed E-state index contributed by atoms with van der Waals surface area (Å²) in [6.45, 7) is 5.46. The lowest BCUT2D eigenvalue weighted by Gasteiger charge is -2.26. The fourth-order valence-corrected chi connectivity index (χ4v) is 4.07. The van der Waals surface area contributed by atoms with Crippen LogP contribution in [0.25, 0.3) is 5.76 Å². The predicted molar refractivity (Wildman–Crippen MR) is 126 cm³/mol. The highest BCUT2D eigenvalue weighted by atomic mass is 35.5. The number of aryl methyl sites for hydroxylation is 1. The molecule has 0 saturated carbocycles. The van der Waals surface area contributed by atoms with Gasteiger partial charge in [-0.25, -0.2) is 0 Å². The minimum Gasteiger partial charge on any atom is -0.507 e. The lowest BCUT2D eigenvalue weighted by Crippen LogP contribution is -2.32. The molecule has 1 N–H and O–H groups in total. The van der Waals surface area contributed by atoms with Gasteiger partial charge in [0.05, 0.1) is 23.2 Å². The summed E-state index contributed by atoms with van der Waals surface area (Å²) in [4.78, 5) is 29.6. The molecule has 1 fully saturated rings. The number of ketones is 1. The van der Waals surface area contributed by atoms with Gasteiger partial charge in [-0.2, -0.15) is 0 Å². The monoisotopic (exact) mass is 456 g/mol. The summed E-state index contributed by atoms with van der Waals surface area (Å²) < 4.78 is 5.45. The van der Waals surface area contributed by atoms with Crippen LogP contribution in [-0.2, 0) is 9.59 Å². The van der Waals surface area contributed by atoms with E-state index in [4.69, 9.17) is 16.3 Å². The molecule has 0 unspecified atom stereocenters. The van der Waals surface area contributed by atoms with Crippen molar-refractivity contribution < 1.29 is 19.4 Å². The van der Waals surface area contributed by atoms with Gasteiger partial charge in [0, 0.05) is 12.1 Å². The van der Waals surface area contributed by atoms with Crippen LogP contribution in [0.1, 0.15) is 36.1 Å². The highest BCUT2D eigenvalue weighted by Gasteiger charge is 2.45. The zero-order valence-electron chi connectivity index (χ0n) is 18.9. The number of ether oxygens (including phenoxy) is 1. The van der Waals surface area contributed by atoms with E-state index in [-0.39, 0.29) is 11.3 Å². The number of halogens is 1. The van der Waals surface area contributed by atoms with Crippen molar-refractivity contribution >= 4 is 29.1 Å². The Hall–Kier alpha value is -2.83. The van der Waals surface area contributed by atoms with E-state index in [2.05, 4.69) is 0 Å². The second-order valence-electron chi connectivity index (χ2n) is 8.14. The molecule has 1 aliphatic rings. The van der Waals surface area contributed by atoms with Crippen molar-refractivity contribution in [2.75, 3.05) is 33.8 Å². The van der Waals surface area contributed by atoms with Crippen LogP contribution in [0.4, 0.5) is 0 Å². The molecule has 170 valence electrons. The molecule has 0 radical (unpaired) electrons. The lowest BCUT2D eigenvalue weighted by molar-refractivity contribution is -0.139. The summed E-state index contributed by atoms with van der Waals surface area (Å²) in [5.41, 5.74) is 2.28. The van der Waals surface area contributed by atoms with Crippen molar-refractivity contribution in [1.29, 1.82) is 0 Å². The number of likely N-dealkylation sites (tertiary alicyclic amines) is 1. The third-order valence-electron chi connectivity index (χ3n) is 5.44. The van der Waals surface area contributed by atoms with Crippen LogP contribution < -0.4 is 4.74 Å². The van der Waals surface area contributed by atoms with Crippen LogP contribution in [0, 0.1) is 6.92 Å². The molecule has 0 spiro atoms. The minimum absolute atomic E-state index is 0.0731. The number of benzene rings is 2. The summed E-state index contributed by atoms with van der Waals surface area (Å²) >= 11 is 6.30. The van der Waals surface area contributed by atoms with Gasteiger partial charge in [-0.05, 0) is 64.7 Å². The van der Waals surface area contributed by atoms with E-state index in [1.807, 2.05) is 57.1 Å². The number of rotatable bonds is 8. The predicted octanol–water partition coefficient (Wildman–Crippen LogP) is 4.42. The van der Waals surface area contributed by atoms with Crippen LogP contribution in [0.3, 0.4) is 0 Å². The molecule has 3 rings (SSSR count). The second kappa shape index (κ2) is 10.2. The molecule has 6 nitrogen and oxygen atoms in total. The Morgan fingerprint density at radius 3 is 2.44 bits per heavy atom. The maximum absolute atomic E-state index is 13.1. The molecule has 32 heavy (non-hydrogen) atoms. The van der Waals surface area contributed by atoms with E-state index in [0.717, 1.165) is 17.7 Å². The Kier molecular flexibility index (Phi) is 7.59. The number of nitrogens with zero attached hydrogens (tertiary/aromatic N) is 2. The first-order valence-electron chi connectivity index (χ1n) is 10.7. The Labute approximate surface area is 194 Å². The molecular weight excluding hydrogens is 428 g/mol. The summed E-state index contributed by atoms with van der Waals surface area (Å²) in [5, 5.41) is 11.5. The number of Topliss-reactive ketones (excluding diaryl/α,β-unsaturated/α-hetero) is 1. The molecule has 1 aliphatic heterocycles. The SMILES string of the molecule is CCOc1ccc(C(O)=C2C(=O)C(=O)N(CCCN(C)C)[C@@H]2c2ccc(C)cc2)cc1Cl. The molecule has 7 heteroatoms. The van der Waals surface area contributed by atoms with E-state index in [1.165, 1.54) is 0 Å².